The number of carbonyl (C=O) groups is 1. The van der Waals surface area contributed by atoms with Crippen molar-refractivity contribution in [1.29, 1.82) is 0 Å². The van der Waals surface area contributed by atoms with Crippen LogP contribution in [0.2, 0.25) is 0 Å². The summed E-state index contributed by atoms with van der Waals surface area (Å²) in [6.45, 7) is 0.634. The Morgan fingerprint density at radius 1 is 1.40 bits per heavy atom. The van der Waals surface area contributed by atoms with Crippen molar-refractivity contribution in [2.75, 3.05) is 6.54 Å². The van der Waals surface area contributed by atoms with Crippen LogP contribution in [-0.2, 0) is 11.2 Å². The van der Waals surface area contributed by atoms with Crippen LogP contribution in [-0.4, -0.2) is 22.4 Å². The first-order chi connectivity index (χ1) is 9.81. The molecule has 1 atom stereocenters. The van der Waals surface area contributed by atoms with Crippen LogP contribution in [0.5, 0.6) is 0 Å². The number of benzene rings is 1. The number of aromatic amines is 1. The topological polar surface area (TPSA) is 57.8 Å². The van der Waals surface area contributed by atoms with Crippen molar-refractivity contribution in [2.24, 2.45) is 5.92 Å². The Bertz CT molecular complexity index is 596. The van der Waals surface area contributed by atoms with Gasteiger partial charge in [-0.3, -0.25) is 4.79 Å². The van der Waals surface area contributed by atoms with Crippen molar-refractivity contribution < 1.29 is 4.79 Å². The van der Waals surface area contributed by atoms with Gasteiger partial charge in [-0.25, -0.2) is 4.98 Å². The third-order valence-electron chi connectivity index (χ3n) is 3.68. The second-order valence-corrected chi connectivity index (χ2v) is 5.27. The normalized spacial score (nSPS) is 17.7. The molecule has 0 spiro atoms. The first-order valence-electron chi connectivity index (χ1n) is 7.18. The molecule has 0 saturated carbocycles. The van der Waals surface area contributed by atoms with Crippen molar-refractivity contribution in [3.8, 4) is 0 Å². The summed E-state index contributed by atoms with van der Waals surface area (Å²) in [7, 11) is 0. The Balaban J connectivity index is 1.47. The molecule has 0 radical (unpaired) electrons. The van der Waals surface area contributed by atoms with Gasteiger partial charge >= 0.3 is 0 Å². The fourth-order valence-electron chi connectivity index (χ4n) is 2.62. The van der Waals surface area contributed by atoms with Gasteiger partial charge in [-0.1, -0.05) is 24.3 Å². The number of nitrogens with zero attached hydrogens (tertiary/aromatic N) is 1. The zero-order valence-electron chi connectivity index (χ0n) is 11.4. The van der Waals surface area contributed by atoms with Crippen molar-refractivity contribution in [3.63, 3.8) is 0 Å². The molecule has 0 saturated heterocycles. The van der Waals surface area contributed by atoms with E-state index in [1.807, 2.05) is 24.3 Å². The minimum Gasteiger partial charge on any atom is -0.356 e. The third kappa shape index (κ3) is 3.07. The van der Waals surface area contributed by atoms with Crippen LogP contribution in [0.4, 0.5) is 0 Å². The number of amides is 1. The number of allylic oxidation sites excluding steroid dienone is 2. The summed E-state index contributed by atoms with van der Waals surface area (Å²) in [6, 6.07) is 7.96. The molecule has 4 heteroatoms. The molecule has 1 aliphatic rings. The van der Waals surface area contributed by atoms with Gasteiger partial charge in [-0.2, -0.15) is 0 Å². The van der Waals surface area contributed by atoms with Crippen LogP contribution in [0, 0.1) is 5.92 Å². The molecule has 104 valence electrons. The van der Waals surface area contributed by atoms with E-state index < -0.39 is 0 Å². The summed E-state index contributed by atoms with van der Waals surface area (Å²) in [5.41, 5.74) is 2.02. The van der Waals surface area contributed by atoms with Gasteiger partial charge in [0.05, 0.1) is 11.0 Å². The smallest absolute Gasteiger partial charge is 0.220 e. The fraction of sp³-hybridized carbons (Fsp3) is 0.375. The third-order valence-corrected chi connectivity index (χ3v) is 3.68. The fourth-order valence-corrected chi connectivity index (χ4v) is 2.62. The van der Waals surface area contributed by atoms with Crippen molar-refractivity contribution in [1.82, 2.24) is 15.3 Å². The molecule has 2 N–H and O–H groups in total. The van der Waals surface area contributed by atoms with Gasteiger partial charge in [0, 0.05) is 19.4 Å². The quantitative estimate of drug-likeness (QED) is 0.820. The number of hydrogen-bond acceptors (Lipinski definition) is 2. The maximum Gasteiger partial charge on any atom is 0.220 e. The van der Waals surface area contributed by atoms with E-state index in [0.717, 1.165) is 36.1 Å². The lowest BCUT2D eigenvalue weighted by molar-refractivity contribution is -0.121. The Morgan fingerprint density at radius 2 is 2.30 bits per heavy atom. The van der Waals surface area contributed by atoms with Crippen LogP contribution < -0.4 is 5.32 Å². The molecule has 1 aromatic carbocycles. The number of carbonyl (C=O) groups excluding carboxylic acids is 1. The van der Waals surface area contributed by atoms with E-state index in [1.165, 1.54) is 0 Å². The summed E-state index contributed by atoms with van der Waals surface area (Å²) in [5.74, 6) is 1.49. The summed E-state index contributed by atoms with van der Waals surface area (Å²) >= 11 is 0. The van der Waals surface area contributed by atoms with Gasteiger partial charge < -0.3 is 10.3 Å². The SMILES string of the molecule is O=C(CC1C=CCC1)NCCc1nc2ccccc2[nH]1. The Hall–Kier alpha value is -2.10. The molecule has 1 aliphatic carbocycles. The minimum atomic E-state index is 0.137. The van der Waals surface area contributed by atoms with Crippen molar-refractivity contribution in [2.45, 2.75) is 25.7 Å². The van der Waals surface area contributed by atoms with Gasteiger partial charge in [-0.05, 0) is 30.9 Å². The average molecular weight is 269 g/mol. The first-order valence-corrected chi connectivity index (χ1v) is 7.18. The van der Waals surface area contributed by atoms with Gasteiger partial charge in [0.25, 0.3) is 0 Å². The molecule has 0 fully saturated rings. The van der Waals surface area contributed by atoms with E-state index in [-0.39, 0.29) is 5.91 Å². The van der Waals surface area contributed by atoms with Gasteiger partial charge in [0.2, 0.25) is 5.91 Å². The number of para-hydroxylation sites is 2. The molecule has 2 aromatic rings. The molecule has 20 heavy (non-hydrogen) atoms. The molecule has 3 rings (SSSR count). The van der Waals surface area contributed by atoms with E-state index in [0.29, 0.717) is 18.9 Å². The standard InChI is InChI=1S/C16H19N3O/c20-16(11-12-5-1-2-6-12)17-10-9-15-18-13-7-3-4-8-14(13)19-15/h1,3-5,7-8,12H,2,6,9-11H2,(H,17,20)(H,18,19). The lowest BCUT2D eigenvalue weighted by atomic mass is 10.1. The highest BCUT2D eigenvalue weighted by Gasteiger charge is 2.13. The van der Waals surface area contributed by atoms with E-state index in [1.54, 1.807) is 0 Å². The maximum atomic E-state index is 11.8. The summed E-state index contributed by atoms with van der Waals surface area (Å²) in [5, 5.41) is 2.97. The molecule has 0 aliphatic heterocycles. The van der Waals surface area contributed by atoms with E-state index in [4.69, 9.17) is 0 Å². The Morgan fingerprint density at radius 3 is 3.10 bits per heavy atom. The highest BCUT2D eigenvalue weighted by Crippen LogP contribution is 2.19. The number of rotatable bonds is 5. The number of nitrogens with one attached hydrogen (secondary N) is 2. The molecular formula is C16H19N3O. The molecular weight excluding hydrogens is 250 g/mol. The van der Waals surface area contributed by atoms with Crippen LogP contribution in [0.3, 0.4) is 0 Å². The van der Waals surface area contributed by atoms with Crippen LogP contribution in [0.1, 0.15) is 25.1 Å². The first kappa shape index (κ1) is 12.9. The molecule has 1 aromatic heterocycles. The molecule has 1 heterocycles. The monoisotopic (exact) mass is 269 g/mol. The lowest BCUT2D eigenvalue weighted by Gasteiger charge is -2.07. The zero-order chi connectivity index (χ0) is 13.8. The summed E-state index contributed by atoms with van der Waals surface area (Å²) in [4.78, 5) is 19.5. The van der Waals surface area contributed by atoms with E-state index in [2.05, 4.69) is 27.4 Å². The molecule has 1 unspecified atom stereocenters. The molecule has 1 amide bonds. The molecule has 4 nitrogen and oxygen atoms in total. The average Bonchev–Trinajstić information content (AvgIpc) is 3.07. The number of fused-ring (bicyclic) bond motifs is 1. The molecule has 0 bridgehead atoms. The maximum absolute atomic E-state index is 11.8. The van der Waals surface area contributed by atoms with E-state index in [9.17, 15) is 4.79 Å². The Labute approximate surface area is 118 Å². The van der Waals surface area contributed by atoms with Crippen LogP contribution in [0.25, 0.3) is 11.0 Å². The van der Waals surface area contributed by atoms with Gasteiger partial charge in [-0.15, -0.1) is 0 Å². The van der Waals surface area contributed by atoms with Gasteiger partial charge in [0.15, 0.2) is 0 Å². The summed E-state index contributed by atoms with van der Waals surface area (Å²) < 4.78 is 0. The predicted octanol–water partition coefficient (Wildman–Crippen LogP) is 2.58. The van der Waals surface area contributed by atoms with Crippen LogP contribution >= 0.6 is 0 Å². The largest absolute Gasteiger partial charge is 0.356 e. The second kappa shape index (κ2) is 5.90. The predicted molar refractivity (Wildman–Crippen MR) is 79.3 cm³/mol. The minimum absolute atomic E-state index is 0.137. The lowest BCUT2D eigenvalue weighted by Crippen LogP contribution is -2.27. The number of H-pyrrole nitrogens is 1. The van der Waals surface area contributed by atoms with Crippen LogP contribution in [0.15, 0.2) is 36.4 Å². The van der Waals surface area contributed by atoms with E-state index >= 15 is 0 Å². The number of imidazole rings is 1. The number of hydrogen-bond donors (Lipinski definition) is 2. The number of aromatic nitrogens is 2. The second-order valence-electron chi connectivity index (χ2n) is 5.27. The highest BCUT2D eigenvalue weighted by molar-refractivity contribution is 5.76. The summed E-state index contributed by atoms with van der Waals surface area (Å²) in [6.07, 6.45) is 7.87. The van der Waals surface area contributed by atoms with Crippen molar-refractivity contribution in [3.05, 3.63) is 42.2 Å². The zero-order valence-corrected chi connectivity index (χ0v) is 11.4. The van der Waals surface area contributed by atoms with Gasteiger partial charge in [0.1, 0.15) is 5.82 Å². The Kier molecular flexibility index (Phi) is 3.81. The highest BCUT2D eigenvalue weighted by atomic mass is 16.1. The van der Waals surface area contributed by atoms with Crippen molar-refractivity contribution >= 4 is 16.9 Å².